The highest BCUT2D eigenvalue weighted by atomic mass is 32.2. The molecule has 0 saturated carbocycles. The van der Waals surface area contributed by atoms with Crippen LogP contribution in [0.1, 0.15) is 30.9 Å². The molecule has 1 aliphatic rings. The standard InChI is InChI=1S/C23H23N3O5S/c1-14(2)15-7-9-17(10-8-15)25-21(28)12-26-22(29)19(32-23(26)30)11-16-5-3-4-6-18(16)31-13-20(24)27/h3-11,14H,12-13H2,1-2H3,(H2,24,27)(H,25,28)/b19-11+. The predicted octanol–water partition coefficient (Wildman–Crippen LogP) is 3.35. The predicted molar refractivity (Wildman–Crippen MR) is 123 cm³/mol. The van der Waals surface area contributed by atoms with Gasteiger partial charge in [0.25, 0.3) is 17.1 Å². The van der Waals surface area contributed by atoms with Crippen molar-refractivity contribution in [2.45, 2.75) is 19.8 Å². The highest BCUT2D eigenvalue weighted by Crippen LogP contribution is 2.34. The molecule has 0 radical (unpaired) electrons. The zero-order valence-corrected chi connectivity index (χ0v) is 18.5. The Morgan fingerprint density at radius 1 is 1.12 bits per heavy atom. The van der Waals surface area contributed by atoms with E-state index in [2.05, 4.69) is 19.2 Å². The first-order valence-electron chi connectivity index (χ1n) is 9.90. The van der Waals surface area contributed by atoms with Crippen LogP contribution in [0.4, 0.5) is 10.5 Å². The van der Waals surface area contributed by atoms with Crippen LogP contribution in [0.15, 0.2) is 53.4 Å². The number of amides is 4. The summed E-state index contributed by atoms with van der Waals surface area (Å²) >= 11 is 0.735. The molecular weight excluding hydrogens is 430 g/mol. The van der Waals surface area contributed by atoms with Crippen LogP contribution in [0.3, 0.4) is 0 Å². The smallest absolute Gasteiger partial charge is 0.294 e. The molecule has 1 fully saturated rings. The van der Waals surface area contributed by atoms with Crippen molar-refractivity contribution in [1.82, 2.24) is 4.90 Å². The topological polar surface area (TPSA) is 119 Å². The van der Waals surface area contributed by atoms with Gasteiger partial charge in [-0.2, -0.15) is 0 Å². The summed E-state index contributed by atoms with van der Waals surface area (Å²) in [5.74, 6) is -0.968. The lowest BCUT2D eigenvalue weighted by Crippen LogP contribution is -2.36. The third kappa shape index (κ3) is 5.76. The summed E-state index contributed by atoms with van der Waals surface area (Å²) in [6, 6.07) is 14.1. The number of imide groups is 1. The van der Waals surface area contributed by atoms with Crippen molar-refractivity contribution >= 4 is 46.5 Å². The first-order chi connectivity index (χ1) is 15.2. The molecule has 4 amide bonds. The van der Waals surface area contributed by atoms with Crippen LogP contribution in [0.2, 0.25) is 0 Å². The molecule has 1 heterocycles. The fraction of sp³-hybridized carbons (Fsp3) is 0.217. The Morgan fingerprint density at radius 2 is 1.81 bits per heavy atom. The highest BCUT2D eigenvalue weighted by Gasteiger charge is 2.36. The van der Waals surface area contributed by atoms with Gasteiger partial charge in [-0.1, -0.05) is 44.2 Å². The maximum absolute atomic E-state index is 12.7. The van der Waals surface area contributed by atoms with Gasteiger partial charge >= 0.3 is 0 Å². The lowest BCUT2D eigenvalue weighted by atomic mass is 10.0. The highest BCUT2D eigenvalue weighted by molar-refractivity contribution is 8.18. The van der Waals surface area contributed by atoms with Crippen molar-refractivity contribution in [3.63, 3.8) is 0 Å². The molecule has 8 nitrogen and oxygen atoms in total. The average molecular weight is 454 g/mol. The zero-order chi connectivity index (χ0) is 23.3. The summed E-state index contributed by atoms with van der Waals surface area (Å²) in [5.41, 5.74) is 7.34. The summed E-state index contributed by atoms with van der Waals surface area (Å²) < 4.78 is 5.35. The lowest BCUT2D eigenvalue weighted by Gasteiger charge is -2.13. The van der Waals surface area contributed by atoms with Crippen LogP contribution >= 0.6 is 11.8 Å². The normalized spacial score (nSPS) is 14.8. The van der Waals surface area contributed by atoms with Crippen molar-refractivity contribution in [1.29, 1.82) is 0 Å². The number of benzene rings is 2. The second kappa shape index (κ2) is 10.1. The Bertz CT molecular complexity index is 1080. The van der Waals surface area contributed by atoms with Crippen LogP contribution in [0.5, 0.6) is 5.75 Å². The monoisotopic (exact) mass is 453 g/mol. The Hall–Kier alpha value is -3.59. The second-order valence-corrected chi connectivity index (χ2v) is 8.38. The molecule has 0 atom stereocenters. The molecule has 1 aliphatic heterocycles. The molecule has 32 heavy (non-hydrogen) atoms. The molecule has 2 aromatic carbocycles. The van der Waals surface area contributed by atoms with E-state index in [0.29, 0.717) is 22.9 Å². The third-order valence-electron chi connectivity index (χ3n) is 4.61. The van der Waals surface area contributed by atoms with Gasteiger partial charge in [0.2, 0.25) is 5.91 Å². The van der Waals surface area contributed by atoms with Crippen molar-refractivity contribution in [2.24, 2.45) is 5.73 Å². The van der Waals surface area contributed by atoms with Crippen molar-refractivity contribution < 1.29 is 23.9 Å². The minimum absolute atomic E-state index is 0.152. The number of para-hydroxylation sites is 1. The summed E-state index contributed by atoms with van der Waals surface area (Å²) in [7, 11) is 0. The molecule has 3 rings (SSSR count). The van der Waals surface area contributed by atoms with Crippen molar-refractivity contribution in [3.8, 4) is 5.75 Å². The van der Waals surface area contributed by atoms with Gasteiger partial charge in [-0.3, -0.25) is 24.1 Å². The van der Waals surface area contributed by atoms with Crippen molar-refractivity contribution in [3.05, 3.63) is 64.6 Å². The first-order valence-corrected chi connectivity index (χ1v) is 10.7. The van der Waals surface area contributed by atoms with Gasteiger partial charge in [0, 0.05) is 11.3 Å². The minimum atomic E-state index is -0.634. The third-order valence-corrected chi connectivity index (χ3v) is 5.52. The molecule has 3 N–H and O–H groups in total. The summed E-state index contributed by atoms with van der Waals surface area (Å²) in [6.45, 7) is 3.44. The number of hydrogen-bond donors (Lipinski definition) is 2. The molecule has 0 spiro atoms. The maximum atomic E-state index is 12.7. The average Bonchev–Trinajstić information content (AvgIpc) is 3.00. The molecule has 9 heteroatoms. The van der Waals surface area contributed by atoms with Gasteiger partial charge in [0.15, 0.2) is 6.61 Å². The Morgan fingerprint density at radius 3 is 2.47 bits per heavy atom. The first kappa shape index (κ1) is 23.1. The number of nitrogens with two attached hydrogens (primary N) is 1. The van der Waals surface area contributed by atoms with E-state index in [9.17, 15) is 19.2 Å². The number of thioether (sulfide) groups is 1. The molecule has 0 aliphatic carbocycles. The Kier molecular flexibility index (Phi) is 7.32. The van der Waals surface area contributed by atoms with Crippen molar-refractivity contribution in [2.75, 3.05) is 18.5 Å². The number of ether oxygens (including phenoxy) is 1. The number of carbonyl (C=O) groups excluding carboxylic acids is 4. The van der Waals surface area contributed by atoms with E-state index in [0.717, 1.165) is 22.2 Å². The number of nitrogens with zero attached hydrogens (tertiary/aromatic N) is 1. The quantitative estimate of drug-likeness (QED) is 0.592. The van der Waals surface area contributed by atoms with E-state index in [-0.39, 0.29) is 11.5 Å². The van der Waals surface area contributed by atoms with E-state index < -0.39 is 29.5 Å². The van der Waals surface area contributed by atoms with Crippen LogP contribution in [0.25, 0.3) is 6.08 Å². The Balaban J connectivity index is 1.68. The largest absolute Gasteiger partial charge is 0.483 e. The number of hydrogen-bond acceptors (Lipinski definition) is 6. The molecule has 0 unspecified atom stereocenters. The SMILES string of the molecule is CC(C)c1ccc(NC(=O)CN2C(=O)S/C(=C/c3ccccc3OCC(N)=O)C2=O)cc1. The molecule has 2 aromatic rings. The van der Waals surface area contributed by atoms with E-state index >= 15 is 0 Å². The van der Waals surface area contributed by atoms with Gasteiger partial charge in [-0.15, -0.1) is 0 Å². The second-order valence-electron chi connectivity index (χ2n) is 7.39. The molecule has 0 bridgehead atoms. The van der Waals surface area contributed by atoms with Gasteiger partial charge in [-0.05, 0) is 47.5 Å². The van der Waals surface area contributed by atoms with Gasteiger partial charge in [0.05, 0.1) is 4.91 Å². The summed E-state index contributed by atoms with van der Waals surface area (Å²) in [5, 5.41) is 2.16. The Labute approximate surface area is 189 Å². The van der Waals surface area contributed by atoms with E-state index in [4.69, 9.17) is 10.5 Å². The van der Waals surface area contributed by atoms with Gasteiger partial charge in [-0.25, -0.2) is 0 Å². The minimum Gasteiger partial charge on any atom is -0.483 e. The molecular formula is C23H23N3O5S. The zero-order valence-electron chi connectivity index (χ0n) is 17.7. The van der Waals surface area contributed by atoms with Crippen LogP contribution in [0, 0.1) is 0 Å². The number of rotatable bonds is 8. The van der Waals surface area contributed by atoms with Gasteiger partial charge < -0.3 is 15.8 Å². The van der Waals surface area contributed by atoms with E-state index in [1.165, 1.54) is 6.08 Å². The van der Waals surface area contributed by atoms with Crippen LogP contribution in [-0.4, -0.2) is 41.0 Å². The molecule has 1 saturated heterocycles. The van der Waals surface area contributed by atoms with E-state index in [1.54, 1.807) is 36.4 Å². The van der Waals surface area contributed by atoms with Gasteiger partial charge in [0.1, 0.15) is 12.3 Å². The fourth-order valence-electron chi connectivity index (χ4n) is 2.95. The molecule has 0 aromatic heterocycles. The number of primary amides is 1. The summed E-state index contributed by atoms with van der Waals surface area (Å²) in [6.07, 6.45) is 1.49. The summed E-state index contributed by atoms with van der Waals surface area (Å²) in [4.78, 5) is 49.5. The van der Waals surface area contributed by atoms with Crippen LogP contribution < -0.4 is 15.8 Å². The molecule has 166 valence electrons. The van der Waals surface area contributed by atoms with E-state index in [1.807, 2.05) is 12.1 Å². The fourth-order valence-corrected chi connectivity index (χ4v) is 3.78. The van der Waals surface area contributed by atoms with Crippen LogP contribution in [-0.2, 0) is 14.4 Å². The lowest BCUT2D eigenvalue weighted by molar-refractivity contribution is -0.127. The number of nitrogens with one attached hydrogen (secondary N) is 1. The maximum Gasteiger partial charge on any atom is 0.294 e. The number of anilines is 1. The number of carbonyl (C=O) groups is 4.